The first-order valence-corrected chi connectivity index (χ1v) is 7.40. The fourth-order valence-electron chi connectivity index (χ4n) is 2.49. The van der Waals surface area contributed by atoms with Crippen molar-refractivity contribution in [2.24, 2.45) is 5.73 Å². The quantitative estimate of drug-likeness (QED) is 0.853. The number of rotatable bonds is 4. The van der Waals surface area contributed by atoms with Crippen molar-refractivity contribution in [1.82, 2.24) is 9.55 Å². The Morgan fingerprint density at radius 1 is 1.44 bits per heavy atom. The number of carbonyl (C=O) groups is 1. The van der Waals surface area contributed by atoms with Gasteiger partial charge in [-0.3, -0.25) is 4.79 Å². The lowest BCUT2D eigenvalue weighted by molar-refractivity contribution is -0.117. The van der Waals surface area contributed by atoms with Crippen LogP contribution in [0.5, 0.6) is 0 Å². The monoisotopic (exact) mass is 267 g/mol. The number of amides is 1. The van der Waals surface area contributed by atoms with Crippen molar-refractivity contribution in [3.05, 3.63) is 11.4 Å². The molecule has 1 aromatic heterocycles. The average molecular weight is 267 g/mol. The second-order valence-corrected chi connectivity index (χ2v) is 6.34. The molecule has 1 aliphatic carbocycles. The number of imidazole rings is 1. The molecule has 1 heterocycles. The van der Waals surface area contributed by atoms with Crippen LogP contribution < -0.4 is 5.73 Å². The highest BCUT2D eigenvalue weighted by Crippen LogP contribution is 2.36. The van der Waals surface area contributed by atoms with Gasteiger partial charge >= 0.3 is 0 Å². The van der Waals surface area contributed by atoms with Gasteiger partial charge < -0.3 is 10.3 Å². The van der Waals surface area contributed by atoms with Gasteiger partial charge in [0, 0.05) is 11.7 Å². The molecular weight excluding hydrogens is 246 g/mol. The van der Waals surface area contributed by atoms with Crippen molar-refractivity contribution in [3.8, 4) is 0 Å². The molecule has 1 aliphatic rings. The minimum Gasteiger partial charge on any atom is -0.369 e. The summed E-state index contributed by atoms with van der Waals surface area (Å²) in [6.07, 6.45) is 5.01. The predicted octanol–water partition coefficient (Wildman–Crippen LogP) is 2.58. The van der Waals surface area contributed by atoms with Crippen LogP contribution in [0.2, 0.25) is 0 Å². The maximum atomic E-state index is 11.2. The van der Waals surface area contributed by atoms with Gasteiger partial charge in [-0.1, -0.05) is 24.6 Å². The van der Waals surface area contributed by atoms with E-state index in [0.29, 0.717) is 6.04 Å². The zero-order valence-electron chi connectivity index (χ0n) is 11.3. The predicted molar refractivity (Wildman–Crippen MR) is 73.7 cm³/mol. The van der Waals surface area contributed by atoms with E-state index in [1.807, 2.05) is 13.8 Å². The van der Waals surface area contributed by atoms with E-state index in [4.69, 9.17) is 5.73 Å². The van der Waals surface area contributed by atoms with E-state index in [2.05, 4.69) is 16.5 Å². The molecular formula is C13H21N3OS. The standard InChI is InChI=1S/C13H21N3OS/c1-8-9(2)16(11-6-4-5-7-11)13(15-8)18-10(3)12(14)17/h10-11H,4-7H2,1-3H3,(H2,14,17). The Balaban J connectivity index is 2.28. The van der Waals surface area contributed by atoms with Gasteiger partial charge in [-0.25, -0.2) is 4.98 Å². The molecule has 1 fully saturated rings. The van der Waals surface area contributed by atoms with Crippen LogP contribution in [-0.2, 0) is 4.79 Å². The first-order chi connectivity index (χ1) is 8.50. The highest BCUT2D eigenvalue weighted by Gasteiger charge is 2.24. The summed E-state index contributed by atoms with van der Waals surface area (Å²) in [6.45, 7) is 5.98. The van der Waals surface area contributed by atoms with Gasteiger partial charge in [-0.2, -0.15) is 0 Å². The number of aromatic nitrogens is 2. The molecule has 0 aromatic carbocycles. The second kappa shape index (κ2) is 5.34. The highest BCUT2D eigenvalue weighted by atomic mass is 32.2. The zero-order valence-corrected chi connectivity index (χ0v) is 12.1. The molecule has 2 rings (SSSR count). The largest absolute Gasteiger partial charge is 0.369 e. The molecule has 5 heteroatoms. The summed E-state index contributed by atoms with van der Waals surface area (Å²) in [5, 5.41) is 0.717. The third-order valence-corrected chi connectivity index (χ3v) is 4.81. The van der Waals surface area contributed by atoms with Gasteiger partial charge in [0.25, 0.3) is 0 Å². The van der Waals surface area contributed by atoms with Crippen molar-refractivity contribution in [1.29, 1.82) is 0 Å². The number of aryl methyl sites for hydroxylation is 1. The summed E-state index contributed by atoms with van der Waals surface area (Å²) in [5.74, 6) is -0.281. The fourth-order valence-corrected chi connectivity index (χ4v) is 3.51. The Kier molecular flexibility index (Phi) is 4.00. The summed E-state index contributed by atoms with van der Waals surface area (Å²) in [7, 11) is 0. The van der Waals surface area contributed by atoms with E-state index in [9.17, 15) is 4.79 Å². The van der Waals surface area contributed by atoms with Crippen molar-refractivity contribution < 1.29 is 4.79 Å². The van der Waals surface area contributed by atoms with Crippen LogP contribution in [0, 0.1) is 13.8 Å². The van der Waals surface area contributed by atoms with E-state index in [-0.39, 0.29) is 11.2 Å². The molecule has 100 valence electrons. The topological polar surface area (TPSA) is 60.9 Å². The molecule has 1 unspecified atom stereocenters. The van der Waals surface area contributed by atoms with Crippen LogP contribution in [0.4, 0.5) is 0 Å². The second-order valence-electron chi connectivity index (χ2n) is 5.04. The molecule has 1 aromatic rings. The van der Waals surface area contributed by atoms with Crippen LogP contribution in [-0.4, -0.2) is 20.7 Å². The number of nitrogens with two attached hydrogens (primary N) is 1. The van der Waals surface area contributed by atoms with Crippen molar-refractivity contribution in [3.63, 3.8) is 0 Å². The summed E-state index contributed by atoms with van der Waals surface area (Å²) in [5.41, 5.74) is 7.62. The van der Waals surface area contributed by atoms with Gasteiger partial charge in [0.1, 0.15) is 0 Å². The maximum Gasteiger partial charge on any atom is 0.230 e. The third kappa shape index (κ3) is 2.55. The first-order valence-electron chi connectivity index (χ1n) is 6.52. The minimum absolute atomic E-state index is 0.230. The van der Waals surface area contributed by atoms with Gasteiger partial charge in [-0.05, 0) is 33.6 Å². The third-order valence-electron chi connectivity index (χ3n) is 3.73. The van der Waals surface area contributed by atoms with Crippen LogP contribution >= 0.6 is 11.8 Å². The lowest BCUT2D eigenvalue weighted by Crippen LogP contribution is -2.23. The zero-order chi connectivity index (χ0) is 13.3. The first kappa shape index (κ1) is 13.5. The average Bonchev–Trinajstić information content (AvgIpc) is 2.89. The lowest BCUT2D eigenvalue weighted by atomic mass is 10.2. The van der Waals surface area contributed by atoms with E-state index in [1.165, 1.54) is 43.1 Å². The molecule has 18 heavy (non-hydrogen) atoms. The smallest absolute Gasteiger partial charge is 0.230 e. The molecule has 1 atom stereocenters. The molecule has 0 saturated heterocycles. The molecule has 4 nitrogen and oxygen atoms in total. The van der Waals surface area contributed by atoms with Gasteiger partial charge in [0.05, 0.1) is 10.9 Å². The number of nitrogens with zero attached hydrogens (tertiary/aromatic N) is 2. The number of thioether (sulfide) groups is 1. The minimum atomic E-state index is -0.281. The fraction of sp³-hybridized carbons (Fsp3) is 0.692. The summed E-state index contributed by atoms with van der Waals surface area (Å²) < 4.78 is 2.31. The van der Waals surface area contributed by atoms with Crippen molar-refractivity contribution >= 4 is 17.7 Å². The molecule has 0 bridgehead atoms. The normalized spacial score (nSPS) is 18.2. The van der Waals surface area contributed by atoms with E-state index >= 15 is 0 Å². The Hall–Kier alpha value is -0.970. The van der Waals surface area contributed by atoms with Gasteiger partial charge in [0.15, 0.2) is 5.16 Å². The number of primary amides is 1. The molecule has 1 saturated carbocycles. The highest BCUT2D eigenvalue weighted by molar-refractivity contribution is 8.00. The number of carbonyl (C=O) groups excluding carboxylic acids is 1. The number of hydrogen-bond donors (Lipinski definition) is 1. The van der Waals surface area contributed by atoms with Gasteiger partial charge in [-0.15, -0.1) is 0 Å². The van der Waals surface area contributed by atoms with Crippen LogP contribution in [0.15, 0.2) is 5.16 Å². The summed E-state index contributed by atoms with van der Waals surface area (Å²) in [6, 6.07) is 0.550. The molecule has 0 aliphatic heterocycles. The maximum absolute atomic E-state index is 11.2. The van der Waals surface area contributed by atoms with Crippen molar-refractivity contribution in [2.45, 2.75) is 62.9 Å². The Morgan fingerprint density at radius 2 is 2.06 bits per heavy atom. The van der Waals surface area contributed by atoms with Crippen LogP contribution in [0.3, 0.4) is 0 Å². The Morgan fingerprint density at radius 3 is 2.61 bits per heavy atom. The Bertz CT molecular complexity index is 449. The van der Waals surface area contributed by atoms with Crippen LogP contribution in [0.1, 0.15) is 50.0 Å². The SMILES string of the molecule is Cc1nc(SC(C)C(N)=O)n(C2CCCC2)c1C. The lowest BCUT2D eigenvalue weighted by Gasteiger charge is -2.17. The summed E-state index contributed by atoms with van der Waals surface area (Å²) in [4.78, 5) is 15.8. The van der Waals surface area contributed by atoms with Gasteiger partial charge in [0.2, 0.25) is 5.91 Å². The van der Waals surface area contributed by atoms with E-state index < -0.39 is 0 Å². The van der Waals surface area contributed by atoms with E-state index in [0.717, 1.165) is 10.9 Å². The van der Waals surface area contributed by atoms with E-state index in [1.54, 1.807) is 0 Å². The molecule has 0 spiro atoms. The molecule has 2 N–H and O–H groups in total. The van der Waals surface area contributed by atoms with Crippen LogP contribution in [0.25, 0.3) is 0 Å². The summed E-state index contributed by atoms with van der Waals surface area (Å²) >= 11 is 1.48. The molecule has 0 radical (unpaired) electrons. The number of hydrogen-bond acceptors (Lipinski definition) is 3. The molecule has 1 amide bonds. The van der Waals surface area contributed by atoms with Crippen molar-refractivity contribution in [2.75, 3.05) is 0 Å². The Labute approximate surface area is 112 Å².